The van der Waals surface area contributed by atoms with Crippen molar-refractivity contribution < 1.29 is 13.2 Å². The van der Waals surface area contributed by atoms with E-state index in [1.54, 1.807) is 6.07 Å². The molecule has 0 aromatic carbocycles. The fourth-order valence-corrected chi connectivity index (χ4v) is 2.32. The summed E-state index contributed by atoms with van der Waals surface area (Å²) in [7, 11) is 0. The van der Waals surface area contributed by atoms with Crippen molar-refractivity contribution in [3.8, 4) is 0 Å². The molecule has 0 spiro atoms. The van der Waals surface area contributed by atoms with Gasteiger partial charge in [0.25, 0.3) is 0 Å². The van der Waals surface area contributed by atoms with Crippen molar-refractivity contribution in [3.05, 3.63) is 23.5 Å². The Morgan fingerprint density at radius 1 is 1.12 bits per heavy atom. The quantitative estimate of drug-likeness (QED) is 0.780. The van der Waals surface area contributed by atoms with Gasteiger partial charge in [0.05, 0.1) is 0 Å². The maximum absolute atomic E-state index is 12.2. The highest BCUT2D eigenvalue weighted by Crippen LogP contribution is 2.35. The van der Waals surface area contributed by atoms with Crippen LogP contribution in [0.3, 0.4) is 0 Å². The molecule has 0 aliphatic carbocycles. The van der Waals surface area contributed by atoms with Crippen LogP contribution in [0, 0.1) is 0 Å². The van der Waals surface area contributed by atoms with Crippen LogP contribution < -0.4 is 0 Å². The topological polar surface area (TPSA) is 51.6 Å². The molecule has 0 fully saturated rings. The van der Waals surface area contributed by atoms with Crippen molar-refractivity contribution in [3.63, 3.8) is 0 Å². The molecule has 2 heterocycles. The van der Waals surface area contributed by atoms with Gasteiger partial charge in [-0.15, -0.1) is 10.2 Å². The van der Waals surface area contributed by atoms with Gasteiger partial charge in [0, 0.05) is 12.4 Å². The maximum atomic E-state index is 12.2. The first-order valence-corrected chi connectivity index (χ1v) is 5.54. The third-order valence-corrected chi connectivity index (χ3v) is 3.28. The molecular weight excluding hydrogens is 261 g/mol. The summed E-state index contributed by atoms with van der Waals surface area (Å²) in [5.74, 6) is 0. The summed E-state index contributed by atoms with van der Waals surface area (Å²) >= 11 is 1.42. The normalized spacial score (nSPS) is 11.7. The summed E-state index contributed by atoms with van der Waals surface area (Å²) in [5.41, 5.74) is 0. The van der Waals surface area contributed by atoms with Crippen LogP contribution >= 0.6 is 23.1 Å². The van der Waals surface area contributed by atoms with E-state index in [1.165, 1.54) is 12.4 Å². The van der Waals surface area contributed by atoms with Crippen LogP contribution in [0.15, 0.2) is 28.0 Å². The largest absolute Gasteiger partial charge is 0.445 e. The second-order valence-electron chi connectivity index (χ2n) is 2.50. The summed E-state index contributed by atoms with van der Waals surface area (Å²) in [6, 6.07) is 1.62. The molecule has 4 nitrogen and oxygen atoms in total. The molecule has 0 N–H and O–H groups in total. The average molecular weight is 264 g/mol. The Labute approximate surface area is 96.0 Å². The molecule has 0 radical (unpaired) electrons. The van der Waals surface area contributed by atoms with Crippen molar-refractivity contribution >= 4 is 23.1 Å². The molecule has 0 aliphatic rings. The van der Waals surface area contributed by atoms with Crippen molar-refractivity contribution in [2.45, 2.75) is 15.7 Å². The Balaban J connectivity index is 2.15. The van der Waals surface area contributed by atoms with Crippen LogP contribution in [-0.2, 0) is 6.18 Å². The van der Waals surface area contributed by atoms with Gasteiger partial charge in [0.2, 0.25) is 5.01 Å². The standard InChI is InChI=1S/C7H3F3N4S2/c8-7(9,10)4-13-14-6(15-4)16-5-11-2-1-3-12-5/h1-3H. The van der Waals surface area contributed by atoms with E-state index in [4.69, 9.17) is 0 Å². The van der Waals surface area contributed by atoms with Gasteiger partial charge in [0.15, 0.2) is 9.50 Å². The Hall–Kier alpha value is -1.22. The second kappa shape index (κ2) is 4.34. The molecule has 2 aromatic heterocycles. The lowest BCUT2D eigenvalue weighted by Gasteiger charge is -1.97. The highest BCUT2D eigenvalue weighted by Gasteiger charge is 2.35. The molecule has 0 atom stereocenters. The minimum atomic E-state index is -4.45. The van der Waals surface area contributed by atoms with Crippen molar-refractivity contribution in [1.82, 2.24) is 20.2 Å². The van der Waals surface area contributed by atoms with E-state index < -0.39 is 11.2 Å². The molecule has 0 bridgehead atoms. The summed E-state index contributed by atoms with van der Waals surface area (Å²) in [5, 5.41) is 5.83. The Morgan fingerprint density at radius 2 is 1.81 bits per heavy atom. The Morgan fingerprint density at radius 3 is 2.38 bits per heavy atom. The highest BCUT2D eigenvalue weighted by molar-refractivity contribution is 8.00. The number of halogens is 3. The molecule has 0 amide bonds. The molecule has 0 aliphatic heterocycles. The minimum absolute atomic E-state index is 0.165. The molecule has 9 heteroatoms. The fraction of sp³-hybridized carbons (Fsp3) is 0.143. The minimum Gasteiger partial charge on any atom is -0.231 e. The zero-order chi connectivity index (χ0) is 11.6. The van der Waals surface area contributed by atoms with E-state index >= 15 is 0 Å². The van der Waals surface area contributed by atoms with Gasteiger partial charge >= 0.3 is 6.18 Å². The van der Waals surface area contributed by atoms with E-state index in [0.29, 0.717) is 16.5 Å². The summed E-state index contributed by atoms with van der Waals surface area (Å²) in [6.07, 6.45) is -1.45. The Kier molecular flexibility index (Phi) is 3.06. The van der Waals surface area contributed by atoms with E-state index in [9.17, 15) is 13.2 Å². The van der Waals surface area contributed by atoms with Gasteiger partial charge < -0.3 is 0 Å². The monoisotopic (exact) mass is 264 g/mol. The smallest absolute Gasteiger partial charge is 0.231 e. The molecular formula is C7H3F3N4S2. The van der Waals surface area contributed by atoms with Gasteiger partial charge in [-0.3, -0.25) is 0 Å². The zero-order valence-electron chi connectivity index (χ0n) is 7.47. The summed E-state index contributed by atoms with van der Waals surface area (Å²) in [4.78, 5) is 7.71. The van der Waals surface area contributed by atoms with Crippen LogP contribution in [0.2, 0.25) is 0 Å². The van der Waals surface area contributed by atoms with Gasteiger partial charge in [-0.2, -0.15) is 13.2 Å². The van der Waals surface area contributed by atoms with E-state index in [0.717, 1.165) is 11.8 Å². The van der Waals surface area contributed by atoms with Gasteiger partial charge in [-0.25, -0.2) is 9.97 Å². The van der Waals surface area contributed by atoms with E-state index in [1.807, 2.05) is 0 Å². The third kappa shape index (κ3) is 2.67. The number of aromatic nitrogens is 4. The van der Waals surface area contributed by atoms with Gasteiger partial charge in [-0.05, 0) is 17.8 Å². The first-order valence-electron chi connectivity index (χ1n) is 3.91. The Bertz CT molecular complexity index is 470. The molecule has 84 valence electrons. The lowest BCUT2D eigenvalue weighted by atomic mass is 10.7. The maximum Gasteiger partial charge on any atom is 0.445 e. The predicted octanol–water partition coefficient (Wildman–Crippen LogP) is 2.50. The molecule has 16 heavy (non-hydrogen) atoms. The van der Waals surface area contributed by atoms with E-state index in [-0.39, 0.29) is 4.34 Å². The highest BCUT2D eigenvalue weighted by atomic mass is 32.2. The first-order chi connectivity index (χ1) is 7.55. The number of rotatable bonds is 2. The number of hydrogen-bond donors (Lipinski definition) is 0. The molecule has 2 rings (SSSR count). The van der Waals surface area contributed by atoms with Crippen LogP contribution in [-0.4, -0.2) is 20.2 Å². The van der Waals surface area contributed by atoms with Crippen molar-refractivity contribution in [2.24, 2.45) is 0 Å². The fourth-order valence-electron chi connectivity index (χ4n) is 0.782. The molecule has 2 aromatic rings. The summed E-state index contributed by atoms with van der Waals surface area (Å²) in [6.45, 7) is 0. The second-order valence-corrected chi connectivity index (χ2v) is 4.70. The predicted molar refractivity (Wildman–Crippen MR) is 51.1 cm³/mol. The lowest BCUT2D eigenvalue weighted by molar-refractivity contribution is -0.138. The van der Waals surface area contributed by atoms with Crippen LogP contribution in [0.5, 0.6) is 0 Å². The summed E-state index contributed by atoms with van der Waals surface area (Å²) < 4.78 is 36.8. The number of hydrogen-bond acceptors (Lipinski definition) is 6. The number of alkyl halides is 3. The van der Waals surface area contributed by atoms with Crippen molar-refractivity contribution in [1.29, 1.82) is 0 Å². The third-order valence-electron chi connectivity index (χ3n) is 1.37. The van der Waals surface area contributed by atoms with Gasteiger partial charge in [-0.1, -0.05) is 11.3 Å². The molecule has 0 unspecified atom stereocenters. The average Bonchev–Trinajstić information content (AvgIpc) is 2.67. The van der Waals surface area contributed by atoms with E-state index in [2.05, 4.69) is 20.2 Å². The molecule has 0 saturated heterocycles. The van der Waals surface area contributed by atoms with Crippen LogP contribution in [0.1, 0.15) is 5.01 Å². The first kappa shape index (κ1) is 11.3. The van der Waals surface area contributed by atoms with Gasteiger partial charge in [0.1, 0.15) is 0 Å². The lowest BCUT2D eigenvalue weighted by Crippen LogP contribution is -2.03. The van der Waals surface area contributed by atoms with Crippen molar-refractivity contribution in [2.75, 3.05) is 0 Å². The SMILES string of the molecule is FC(F)(F)c1nnc(Sc2ncccn2)s1. The van der Waals surface area contributed by atoms with Crippen LogP contribution in [0.25, 0.3) is 0 Å². The zero-order valence-corrected chi connectivity index (χ0v) is 9.10. The molecule has 0 saturated carbocycles. The van der Waals surface area contributed by atoms with Crippen LogP contribution in [0.4, 0.5) is 13.2 Å². The number of nitrogens with zero attached hydrogens (tertiary/aromatic N) is 4.